The summed E-state index contributed by atoms with van der Waals surface area (Å²) in [5, 5.41) is 0. The Bertz CT molecular complexity index is 518. The maximum absolute atomic E-state index is 13.6. The van der Waals surface area contributed by atoms with Gasteiger partial charge in [0.1, 0.15) is 11.6 Å². The monoisotopic (exact) mass is 248 g/mol. The molecule has 2 N–H and O–H groups in total. The lowest BCUT2D eigenvalue weighted by Crippen LogP contribution is -2.18. The van der Waals surface area contributed by atoms with Crippen molar-refractivity contribution in [3.05, 3.63) is 59.7 Å². The fourth-order valence-corrected chi connectivity index (χ4v) is 1.77. The van der Waals surface area contributed by atoms with Crippen molar-refractivity contribution in [2.24, 2.45) is 0 Å². The van der Waals surface area contributed by atoms with Crippen LogP contribution in [0.15, 0.2) is 42.5 Å². The zero-order valence-electron chi connectivity index (χ0n) is 10.0. The van der Waals surface area contributed by atoms with Crippen molar-refractivity contribution in [2.75, 3.05) is 17.7 Å². The van der Waals surface area contributed by atoms with Crippen molar-refractivity contribution in [1.29, 1.82) is 0 Å². The van der Waals surface area contributed by atoms with Gasteiger partial charge in [-0.05, 0) is 36.4 Å². The van der Waals surface area contributed by atoms with Crippen LogP contribution < -0.4 is 10.6 Å². The van der Waals surface area contributed by atoms with E-state index in [-0.39, 0.29) is 11.6 Å². The zero-order valence-corrected chi connectivity index (χ0v) is 10.0. The molecular weight excluding hydrogens is 234 g/mol. The summed E-state index contributed by atoms with van der Waals surface area (Å²) in [5.74, 6) is -0.624. The molecule has 0 aromatic heterocycles. The molecule has 0 atom stereocenters. The van der Waals surface area contributed by atoms with E-state index in [1.807, 2.05) is 4.90 Å². The Morgan fingerprint density at radius 2 is 1.72 bits per heavy atom. The number of nitrogen functional groups attached to an aromatic ring is 1. The number of hydrogen-bond acceptors (Lipinski definition) is 2. The molecule has 94 valence electrons. The van der Waals surface area contributed by atoms with Crippen molar-refractivity contribution in [3.63, 3.8) is 0 Å². The number of nitrogens with two attached hydrogens (primary N) is 1. The molecule has 2 aromatic rings. The lowest BCUT2D eigenvalue weighted by molar-refractivity contribution is 0.608. The number of benzene rings is 2. The third-order valence-corrected chi connectivity index (χ3v) is 2.82. The summed E-state index contributed by atoms with van der Waals surface area (Å²) >= 11 is 0. The molecule has 2 nitrogen and oxygen atoms in total. The molecule has 0 saturated heterocycles. The molecule has 18 heavy (non-hydrogen) atoms. The molecule has 0 aliphatic heterocycles. The topological polar surface area (TPSA) is 29.3 Å². The van der Waals surface area contributed by atoms with Crippen LogP contribution in [-0.4, -0.2) is 7.05 Å². The van der Waals surface area contributed by atoms with Crippen molar-refractivity contribution in [2.45, 2.75) is 6.54 Å². The van der Waals surface area contributed by atoms with Crippen LogP contribution in [0.3, 0.4) is 0 Å². The van der Waals surface area contributed by atoms with Gasteiger partial charge in [-0.15, -0.1) is 0 Å². The number of anilines is 2. The fourth-order valence-electron chi connectivity index (χ4n) is 1.77. The SMILES string of the molecule is CN(Cc1c(N)cccc1F)c1ccc(F)cc1. The Labute approximate surface area is 105 Å². The van der Waals surface area contributed by atoms with Crippen LogP contribution in [0, 0.1) is 11.6 Å². The standard InChI is InChI=1S/C14H14F2N2/c1-18(11-7-5-10(15)6-8-11)9-12-13(16)3-2-4-14(12)17/h2-8H,9,17H2,1H3. The van der Waals surface area contributed by atoms with Crippen molar-refractivity contribution >= 4 is 11.4 Å². The van der Waals surface area contributed by atoms with Gasteiger partial charge < -0.3 is 10.6 Å². The first kappa shape index (κ1) is 12.4. The molecular formula is C14H14F2N2. The summed E-state index contributed by atoms with van der Waals surface area (Å²) in [6, 6.07) is 10.7. The van der Waals surface area contributed by atoms with Gasteiger partial charge in [-0.3, -0.25) is 0 Å². The minimum atomic E-state index is -0.330. The van der Waals surface area contributed by atoms with Gasteiger partial charge in [0.15, 0.2) is 0 Å². The molecule has 0 aliphatic carbocycles. The number of nitrogens with zero attached hydrogens (tertiary/aromatic N) is 1. The smallest absolute Gasteiger partial charge is 0.130 e. The minimum Gasteiger partial charge on any atom is -0.398 e. The maximum Gasteiger partial charge on any atom is 0.130 e. The van der Waals surface area contributed by atoms with Crippen LogP contribution in [0.25, 0.3) is 0 Å². The number of rotatable bonds is 3. The first-order chi connectivity index (χ1) is 8.58. The first-order valence-corrected chi connectivity index (χ1v) is 5.57. The van der Waals surface area contributed by atoms with Crippen molar-refractivity contribution in [3.8, 4) is 0 Å². The van der Waals surface area contributed by atoms with Crippen LogP contribution >= 0.6 is 0 Å². The van der Waals surface area contributed by atoms with Crippen molar-refractivity contribution < 1.29 is 8.78 Å². The quantitative estimate of drug-likeness (QED) is 0.845. The molecule has 4 heteroatoms. The van der Waals surface area contributed by atoms with E-state index >= 15 is 0 Å². The van der Waals surface area contributed by atoms with E-state index < -0.39 is 0 Å². The van der Waals surface area contributed by atoms with Crippen LogP contribution in [0.4, 0.5) is 20.2 Å². The molecule has 0 radical (unpaired) electrons. The average Bonchev–Trinajstić information content (AvgIpc) is 2.34. The molecule has 0 heterocycles. The summed E-state index contributed by atoms with van der Waals surface area (Å²) in [6.07, 6.45) is 0. The highest BCUT2D eigenvalue weighted by Gasteiger charge is 2.09. The Kier molecular flexibility index (Phi) is 3.46. The summed E-state index contributed by atoms with van der Waals surface area (Å²) in [5.41, 5.74) is 7.42. The summed E-state index contributed by atoms with van der Waals surface area (Å²) in [4.78, 5) is 1.81. The van der Waals surface area contributed by atoms with E-state index in [1.54, 1.807) is 31.3 Å². The second kappa shape index (κ2) is 5.04. The predicted molar refractivity (Wildman–Crippen MR) is 69.3 cm³/mol. The fraction of sp³-hybridized carbons (Fsp3) is 0.143. The average molecular weight is 248 g/mol. The van der Waals surface area contributed by atoms with Gasteiger partial charge in [0, 0.05) is 30.5 Å². The van der Waals surface area contributed by atoms with E-state index in [0.717, 1.165) is 5.69 Å². The van der Waals surface area contributed by atoms with E-state index in [4.69, 9.17) is 5.73 Å². The van der Waals surface area contributed by atoms with Crippen LogP contribution in [0.5, 0.6) is 0 Å². The highest BCUT2D eigenvalue weighted by Crippen LogP contribution is 2.21. The van der Waals surface area contributed by atoms with Crippen LogP contribution in [-0.2, 0) is 6.54 Å². The highest BCUT2D eigenvalue weighted by molar-refractivity contribution is 5.52. The lowest BCUT2D eigenvalue weighted by atomic mass is 10.1. The molecule has 2 aromatic carbocycles. The molecule has 0 spiro atoms. The van der Waals surface area contributed by atoms with Crippen LogP contribution in [0.2, 0.25) is 0 Å². The van der Waals surface area contributed by atoms with Gasteiger partial charge in [-0.25, -0.2) is 8.78 Å². The maximum atomic E-state index is 13.6. The summed E-state index contributed by atoms with van der Waals surface area (Å²) in [6.45, 7) is 0.337. The largest absolute Gasteiger partial charge is 0.398 e. The Balaban J connectivity index is 2.21. The summed E-state index contributed by atoms with van der Waals surface area (Å²) < 4.78 is 26.4. The first-order valence-electron chi connectivity index (χ1n) is 5.57. The molecule has 0 saturated carbocycles. The van der Waals surface area contributed by atoms with E-state index in [1.165, 1.54) is 18.2 Å². The van der Waals surface area contributed by atoms with E-state index in [2.05, 4.69) is 0 Å². The normalized spacial score (nSPS) is 10.4. The third-order valence-electron chi connectivity index (χ3n) is 2.82. The summed E-state index contributed by atoms with van der Waals surface area (Å²) in [7, 11) is 1.80. The Morgan fingerprint density at radius 1 is 1.06 bits per heavy atom. The lowest BCUT2D eigenvalue weighted by Gasteiger charge is -2.20. The molecule has 2 rings (SSSR count). The molecule has 0 aliphatic rings. The van der Waals surface area contributed by atoms with Gasteiger partial charge in [0.25, 0.3) is 0 Å². The molecule has 0 amide bonds. The second-order valence-electron chi connectivity index (χ2n) is 4.14. The van der Waals surface area contributed by atoms with Gasteiger partial charge >= 0.3 is 0 Å². The number of hydrogen-bond donors (Lipinski definition) is 1. The second-order valence-corrected chi connectivity index (χ2v) is 4.14. The Hall–Kier alpha value is -2.10. The van der Waals surface area contributed by atoms with Gasteiger partial charge in [-0.1, -0.05) is 6.07 Å². The zero-order chi connectivity index (χ0) is 13.1. The number of halogens is 2. The van der Waals surface area contributed by atoms with Crippen LogP contribution in [0.1, 0.15) is 5.56 Å². The molecule has 0 fully saturated rings. The van der Waals surface area contributed by atoms with Gasteiger partial charge in [0.05, 0.1) is 0 Å². The third kappa shape index (κ3) is 2.59. The highest BCUT2D eigenvalue weighted by atomic mass is 19.1. The van der Waals surface area contributed by atoms with Gasteiger partial charge in [0.2, 0.25) is 0 Å². The molecule has 0 unspecified atom stereocenters. The Morgan fingerprint density at radius 3 is 2.33 bits per heavy atom. The van der Waals surface area contributed by atoms with Gasteiger partial charge in [-0.2, -0.15) is 0 Å². The minimum absolute atomic E-state index is 0.294. The molecule has 0 bridgehead atoms. The van der Waals surface area contributed by atoms with E-state index in [9.17, 15) is 8.78 Å². The predicted octanol–water partition coefficient (Wildman–Crippen LogP) is 3.18. The van der Waals surface area contributed by atoms with E-state index in [0.29, 0.717) is 17.8 Å². The van der Waals surface area contributed by atoms with Crippen molar-refractivity contribution in [1.82, 2.24) is 0 Å².